The molecule has 0 amide bonds. The van der Waals surface area contributed by atoms with E-state index in [4.69, 9.17) is 17.3 Å². The molecule has 1 aliphatic rings. The zero-order valence-electron chi connectivity index (χ0n) is 13.2. The summed E-state index contributed by atoms with van der Waals surface area (Å²) >= 11 is 5.86. The number of nitrogens with two attached hydrogens (primary N) is 1. The standard InChI is InChI=1S/C15H16ClN5O2.K/c16-13-8-11(14(17)19-18-13)20-6-7-21(12(9-20)15(22)23)10-4-2-1-3-5-10;/h1-5,8,12H,6-7,9H2,(H2,17,19)(H,22,23);/q;+1/p-1. The Hall–Kier alpha value is -0.904. The maximum atomic E-state index is 11.6. The second-order valence-electron chi connectivity index (χ2n) is 5.25. The Morgan fingerprint density at radius 3 is 2.62 bits per heavy atom. The normalized spacial score (nSPS) is 17.3. The number of nitrogen functional groups attached to an aromatic ring is 1. The van der Waals surface area contributed by atoms with Crippen molar-refractivity contribution in [2.75, 3.05) is 35.2 Å². The number of aliphatic carboxylic acids is 1. The van der Waals surface area contributed by atoms with E-state index in [1.165, 1.54) is 0 Å². The van der Waals surface area contributed by atoms with E-state index < -0.39 is 12.0 Å². The van der Waals surface area contributed by atoms with E-state index in [-0.39, 0.29) is 68.9 Å². The van der Waals surface area contributed by atoms with Crippen molar-refractivity contribution in [3.63, 3.8) is 0 Å². The molecule has 2 N–H and O–H groups in total. The van der Waals surface area contributed by atoms with Crippen LogP contribution in [0.1, 0.15) is 0 Å². The third kappa shape index (κ3) is 4.19. The predicted octanol–water partition coefficient (Wildman–Crippen LogP) is -2.84. The number of hydrogen-bond acceptors (Lipinski definition) is 7. The molecular weight excluding hydrogens is 357 g/mol. The molecule has 1 unspecified atom stereocenters. The van der Waals surface area contributed by atoms with Crippen LogP contribution in [0.15, 0.2) is 36.4 Å². The summed E-state index contributed by atoms with van der Waals surface area (Å²) in [6, 6.07) is 10.2. The van der Waals surface area contributed by atoms with Crippen molar-refractivity contribution in [3.8, 4) is 0 Å². The van der Waals surface area contributed by atoms with Gasteiger partial charge in [0, 0.05) is 31.4 Å². The van der Waals surface area contributed by atoms with Gasteiger partial charge in [0.2, 0.25) is 0 Å². The van der Waals surface area contributed by atoms with Gasteiger partial charge in [-0.25, -0.2) is 0 Å². The van der Waals surface area contributed by atoms with Crippen molar-refractivity contribution in [3.05, 3.63) is 41.6 Å². The van der Waals surface area contributed by atoms with Crippen LogP contribution < -0.4 is 72.0 Å². The maximum Gasteiger partial charge on any atom is 1.00 e. The van der Waals surface area contributed by atoms with Crippen LogP contribution in [-0.2, 0) is 4.79 Å². The number of para-hydroxylation sites is 1. The smallest absolute Gasteiger partial charge is 0.548 e. The monoisotopic (exact) mass is 371 g/mol. The Bertz CT molecular complexity index is 718. The minimum atomic E-state index is -1.13. The van der Waals surface area contributed by atoms with E-state index in [0.29, 0.717) is 18.8 Å². The summed E-state index contributed by atoms with van der Waals surface area (Å²) in [4.78, 5) is 15.3. The van der Waals surface area contributed by atoms with Gasteiger partial charge in [-0.3, -0.25) is 0 Å². The molecule has 3 rings (SSSR count). The third-order valence-electron chi connectivity index (χ3n) is 3.85. The maximum absolute atomic E-state index is 11.6. The topological polar surface area (TPSA) is 98.4 Å². The molecule has 1 aromatic heterocycles. The van der Waals surface area contributed by atoms with Crippen LogP contribution in [0.4, 0.5) is 17.2 Å². The minimum absolute atomic E-state index is 0. The second-order valence-corrected chi connectivity index (χ2v) is 5.63. The van der Waals surface area contributed by atoms with Crippen LogP contribution in [0.25, 0.3) is 0 Å². The first kappa shape index (κ1) is 19.4. The number of anilines is 3. The van der Waals surface area contributed by atoms with E-state index in [9.17, 15) is 9.90 Å². The van der Waals surface area contributed by atoms with Crippen LogP contribution >= 0.6 is 11.6 Å². The summed E-state index contributed by atoms with van der Waals surface area (Å²) in [6.45, 7) is 1.33. The first-order valence-corrected chi connectivity index (χ1v) is 7.50. The van der Waals surface area contributed by atoms with Gasteiger partial charge in [0.25, 0.3) is 0 Å². The molecule has 7 nitrogen and oxygen atoms in total. The molecule has 120 valence electrons. The number of carboxylic acid groups (broad SMARTS) is 1. The Kier molecular flexibility index (Phi) is 6.85. The van der Waals surface area contributed by atoms with Crippen molar-refractivity contribution >= 4 is 34.8 Å². The van der Waals surface area contributed by atoms with Gasteiger partial charge in [-0.2, -0.15) is 0 Å². The number of halogens is 1. The van der Waals surface area contributed by atoms with Gasteiger partial charge in [0.05, 0.1) is 17.7 Å². The van der Waals surface area contributed by atoms with Crippen LogP contribution in [0.5, 0.6) is 0 Å². The molecule has 1 fully saturated rings. The first-order valence-electron chi connectivity index (χ1n) is 7.12. The first-order chi connectivity index (χ1) is 11.1. The third-order valence-corrected chi connectivity index (χ3v) is 4.04. The number of carboxylic acids is 1. The number of carbonyl (C=O) groups is 1. The molecule has 0 spiro atoms. The van der Waals surface area contributed by atoms with Gasteiger partial charge in [0.1, 0.15) is 0 Å². The van der Waals surface area contributed by atoms with Gasteiger partial charge >= 0.3 is 51.4 Å². The molecule has 9 heteroatoms. The summed E-state index contributed by atoms with van der Waals surface area (Å²) in [5.41, 5.74) is 7.27. The molecular formula is C15H15ClKN5O2. The predicted molar refractivity (Wildman–Crippen MR) is 86.3 cm³/mol. The largest absolute Gasteiger partial charge is 1.00 e. The summed E-state index contributed by atoms with van der Waals surface area (Å²) in [7, 11) is 0. The van der Waals surface area contributed by atoms with Crippen molar-refractivity contribution in [2.24, 2.45) is 0 Å². The molecule has 2 aromatic rings. The van der Waals surface area contributed by atoms with Gasteiger partial charge in [-0.05, 0) is 12.1 Å². The van der Waals surface area contributed by atoms with E-state index in [0.717, 1.165) is 5.69 Å². The molecule has 1 aromatic carbocycles. The SMILES string of the molecule is Nc1nnc(Cl)cc1N1CCN(c2ccccc2)C(C(=O)[O-])C1.[K+]. The van der Waals surface area contributed by atoms with Crippen molar-refractivity contribution < 1.29 is 61.3 Å². The van der Waals surface area contributed by atoms with Gasteiger partial charge in [-0.1, -0.05) is 29.8 Å². The molecule has 0 aliphatic carbocycles. The Labute approximate surface area is 187 Å². The van der Waals surface area contributed by atoms with E-state index in [2.05, 4.69) is 10.2 Å². The fraction of sp³-hybridized carbons (Fsp3) is 0.267. The number of carbonyl (C=O) groups excluding carboxylic acids is 1. The number of hydrogen-bond donors (Lipinski definition) is 1. The Morgan fingerprint density at radius 1 is 1.25 bits per heavy atom. The molecule has 0 saturated carbocycles. The van der Waals surface area contributed by atoms with E-state index in [1.54, 1.807) is 6.07 Å². The van der Waals surface area contributed by atoms with Crippen LogP contribution in [-0.4, -0.2) is 41.8 Å². The molecule has 24 heavy (non-hydrogen) atoms. The number of aromatic nitrogens is 2. The average molecular weight is 372 g/mol. The molecule has 1 aliphatic heterocycles. The zero-order valence-corrected chi connectivity index (χ0v) is 17.1. The van der Waals surface area contributed by atoms with Gasteiger partial charge in [0.15, 0.2) is 11.0 Å². The quantitative estimate of drug-likeness (QED) is 0.580. The zero-order chi connectivity index (χ0) is 16.4. The molecule has 0 radical (unpaired) electrons. The second kappa shape index (κ2) is 8.46. The summed E-state index contributed by atoms with van der Waals surface area (Å²) in [5.74, 6) is -0.912. The molecule has 1 saturated heterocycles. The number of piperazine rings is 1. The summed E-state index contributed by atoms with van der Waals surface area (Å²) < 4.78 is 0. The summed E-state index contributed by atoms with van der Waals surface area (Å²) in [6.07, 6.45) is 0. The summed E-state index contributed by atoms with van der Waals surface area (Å²) in [5, 5.41) is 19.3. The average Bonchev–Trinajstić information content (AvgIpc) is 2.57. The van der Waals surface area contributed by atoms with Crippen molar-refractivity contribution in [1.29, 1.82) is 0 Å². The molecule has 2 heterocycles. The number of rotatable bonds is 3. The van der Waals surface area contributed by atoms with Crippen LogP contribution in [0.2, 0.25) is 5.15 Å². The van der Waals surface area contributed by atoms with E-state index in [1.807, 2.05) is 40.1 Å². The van der Waals surface area contributed by atoms with Crippen LogP contribution in [0.3, 0.4) is 0 Å². The van der Waals surface area contributed by atoms with Crippen LogP contribution in [0, 0.1) is 0 Å². The number of nitrogens with zero attached hydrogens (tertiary/aromatic N) is 4. The van der Waals surface area contributed by atoms with Crippen molar-refractivity contribution in [2.45, 2.75) is 6.04 Å². The number of benzene rings is 1. The minimum Gasteiger partial charge on any atom is -0.548 e. The molecule has 0 bridgehead atoms. The fourth-order valence-electron chi connectivity index (χ4n) is 2.75. The molecule has 1 atom stereocenters. The Balaban J connectivity index is 0.00000208. The Morgan fingerprint density at radius 2 is 1.96 bits per heavy atom. The van der Waals surface area contributed by atoms with E-state index >= 15 is 0 Å². The fourth-order valence-corrected chi connectivity index (χ4v) is 2.89. The van der Waals surface area contributed by atoms with Gasteiger partial charge < -0.3 is 25.4 Å². The van der Waals surface area contributed by atoms with Gasteiger partial charge in [-0.15, -0.1) is 10.2 Å². The van der Waals surface area contributed by atoms with Crippen molar-refractivity contribution in [1.82, 2.24) is 10.2 Å².